The zero-order valence-electron chi connectivity index (χ0n) is 9.26. The van der Waals surface area contributed by atoms with Crippen LogP contribution in [0.3, 0.4) is 0 Å². The summed E-state index contributed by atoms with van der Waals surface area (Å²) in [5.41, 5.74) is 5.55. The van der Waals surface area contributed by atoms with Crippen LogP contribution in [-0.2, 0) is 9.53 Å². The van der Waals surface area contributed by atoms with E-state index >= 15 is 0 Å². The topological polar surface area (TPSA) is 52.3 Å². The van der Waals surface area contributed by atoms with Crippen LogP contribution in [0.4, 0.5) is 0 Å². The monoisotopic (exact) mass is 187 g/mol. The second-order valence-corrected chi connectivity index (χ2v) is 4.80. The van der Waals surface area contributed by atoms with Crippen LogP contribution in [0.5, 0.6) is 0 Å². The Kier molecular flexibility index (Phi) is 4.40. The summed E-state index contributed by atoms with van der Waals surface area (Å²) in [6, 6.07) is -0.526. The number of hydrogen-bond acceptors (Lipinski definition) is 3. The summed E-state index contributed by atoms with van der Waals surface area (Å²) in [7, 11) is 0. The Balaban J connectivity index is 3.88. The van der Waals surface area contributed by atoms with Gasteiger partial charge in [0.15, 0.2) is 0 Å². The van der Waals surface area contributed by atoms with Gasteiger partial charge in [-0.2, -0.15) is 0 Å². The molecule has 0 amide bonds. The van der Waals surface area contributed by atoms with E-state index in [0.29, 0.717) is 0 Å². The van der Waals surface area contributed by atoms with Crippen molar-refractivity contribution < 1.29 is 9.53 Å². The smallest absolute Gasteiger partial charge is 0.322 e. The van der Waals surface area contributed by atoms with Gasteiger partial charge in [-0.25, -0.2) is 0 Å². The van der Waals surface area contributed by atoms with Gasteiger partial charge in [0, 0.05) is 0 Å². The van der Waals surface area contributed by atoms with Crippen LogP contribution in [0.1, 0.15) is 41.0 Å². The second kappa shape index (κ2) is 4.61. The molecule has 2 N–H and O–H groups in total. The van der Waals surface area contributed by atoms with Crippen LogP contribution < -0.4 is 5.73 Å². The molecule has 0 unspecified atom stereocenters. The average Bonchev–Trinajstić information content (AvgIpc) is 1.81. The summed E-state index contributed by atoms with van der Waals surface area (Å²) in [4.78, 5) is 11.1. The molecule has 0 spiro atoms. The molecule has 0 aliphatic carbocycles. The maximum absolute atomic E-state index is 11.1. The molecule has 0 aliphatic rings. The molecule has 0 heterocycles. The minimum atomic E-state index is -0.526. The highest BCUT2D eigenvalue weighted by molar-refractivity contribution is 5.75. The van der Waals surface area contributed by atoms with E-state index in [9.17, 15) is 4.79 Å². The predicted octanol–water partition coefficient (Wildman–Crippen LogP) is 1.70. The first kappa shape index (κ1) is 12.4. The lowest BCUT2D eigenvalue weighted by atomic mass is 9.90. The maximum atomic E-state index is 11.1. The SMILES string of the molecule is C[C@H](CC(C)(C)C)OC(=O)[C@H](C)N. The van der Waals surface area contributed by atoms with Gasteiger partial charge in [-0.15, -0.1) is 0 Å². The van der Waals surface area contributed by atoms with Crippen molar-refractivity contribution in [1.82, 2.24) is 0 Å². The highest BCUT2D eigenvalue weighted by Crippen LogP contribution is 2.22. The van der Waals surface area contributed by atoms with Crippen LogP contribution in [-0.4, -0.2) is 18.1 Å². The molecule has 13 heavy (non-hydrogen) atoms. The molecule has 0 saturated carbocycles. The number of carbonyl (C=O) groups excluding carboxylic acids is 1. The minimum absolute atomic E-state index is 0.0569. The molecule has 0 aromatic rings. The van der Waals surface area contributed by atoms with Crippen molar-refractivity contribution in [3.8, 4) is 0 Å². The standard InChI is InChI=1S/C10H21NO2/c1-7(6-10(3,4)5)13-9(12)8(2)11/h7-8H,6,11H2,1-5H3/t7-,8+/m1/s1. The highest BCUT2D eigenvalue weighted by Gasteiger charge is 2.19. The molecule has 2 atom stereocenters. The molecule has 0 aliphatic heterocycles. The van der Waals surface area contributed by atoms with Crippen LogP contribution in [0, 0.1) is 5.41 Å². The molecule has 0 rings (SSSR count). The predicted molar refractivity (Wildman–Crippen MR) is 53.3 cm³/mol. The zero-order chi connectivity index (χ0) is 10.6. The number of hydrogen-bond donors (Lipinski definition) is 1. The van der Waals surface area contributed by atoms with Crippen molar-refractivity contribution in [3.63, 3.8) is 0 Å². The van der Waals surface area contributed by atoms with Crippen LogP contribution in [0.15, 0.2) is 0 Å². The molecule has 0 bridgehead atoms. The highest BCUT2D eigenvalue weighted by atomic mass is 16.5. The van der Waals surface area contributed by atoms with Crippen LogP contribution in [0.25, 0.3) is 0 Å². The zero-order valence-corrected chi connectivity index (χ0v) is 9.26. The Morgan fingerprint density at radius 1 is 1.38 bits per heavy atom. The molecule has 3 nitrogen and oxygen atoms in total. The Morgan fingerprint density at radius 3 is 2.15 bits per heavy atom. The number of carbonyl (C=O) groups is 1. The van der Waals surface area contributed by atoms with Gasteiger partial charge in [0.05, 0.1) is 6.10 Å². The largest absolute Gasteiger partial charge is 0.462 e. The minimum Gasteiger partial charge on any atom is -0.462 e. The fourth-order valence-corrected chi connectivity index (χ4v) is 1.21. The number of ether oxygens (including phenoxy) is 1. The third-order valence-electron chi connectivity index (χ3n) is 1.59. The number of esters is 1. The van der Waals surface area contributed by atoms with Crippen molar-refractivity contribution in [3.05, 3.63) is 0 Å². The van der Waals surface area contributed by atoms with E-state index in [4.69, 9.17) is 10.5 Å². The molecular formula is C10H21NO2. The van der Waals surface area contributed by atoms with Crippen molar-refractivity contribution in [2.75, 3.05) is 0 Å². The molecule has 0 aromatic heterocycles. The van der Waals surface area contributed by atoms with Gasteiger partial charge in [0.25, 0.3) is 0 Å². The fraction of sp³-hybridized carbons (Fsp3) is 0.900. The van der Waals surface area contributed by atoms with E-state index in [1.165, 1.54) is 0 Å². The van der Waals surface area contributed by atoms with E-state index in [-0.39, 0.29) is 17.5 Å². The fourth-order valence-electron chi connectivity index (χ4n) is 1.21. The second-order valence-electron chi connectivity index (χ2n) is 4.80. The Labute approximate surface area is 80.6 Å². The summed E-state index contributed by atoms with van der Waals surface area (Å²) in [6.07, 6.45) is 0.796. The Hall–Kier alpha value is -0.570. The summed E-state index contributed by atoms with van der Waals surface area (Å²) in [5.74, 6) is -0.322. The molecule has 0 aromatic carbocycles. The lowest BCUT2D eigenvalue weighted by molar-refractivity contribution is -0.150. The van der Waals surface area contributed by atoms with Crippen molar-refractivity contribution in [2.45, 2.75) is 53.2 Å². The van der Waals surface area contributed by atoms with Gasteiger partial charge < -0.3 is 10.5 Å². The normalized spacial score (nSPS) is 16.5. The van der Waals surface area contributed by atoms with Crippen molar-refractivity contribution in [2.24, 2.45) is 11.1 Å². The van der Waals surface area contributed by atoms with Gasteiger partial charge in [0.2, 0.25) is 0 Å². The van der Waals surface area contributed by atoms with E-state index in [0.717, 1.165) is 6.42 Å². The number of rotatable bonds is 3. The van der Waals surface area contributed by atoms with Gasteiger partial charge >= 0.3 is 5.97 Å². The summed E-state index contributed by atoms with van der Waals surface area (Å²) >= 11 is 0. The van der Waals surface area contributed by atoms with Gasteiger partial charge in [0.1, 0.15) is 6.04 Å². The van der Waals surface area contributed by atoms with Crippen molar-refractivity contribution in [1.29, 1.82) is 0 Å². The van der Waals surface area contributed by atoms with E-state index in [1.54, 1.807) is 6.92 Å². The molecule has 0 radical (unpaired) electrons. The molecule has 78 valence electrons. The van der Waals surface area contributed by atoms with E-state index < -0.39 is 6.04 Å². The first-order valence-electron chi connectivity index (χ1n) is 4.68. The van der Waals surface area contributed by atoms with Crippen molar-refractivity contribution >= 4 is 5.97 Å². The maximum Gasteiger partial charge on any atom is 0.322 e. The van der Waals surface area contributed by atoms with Gasteiger partial charge in [-0.3, -0.25) is 4.79 Å². The summed E-state index contributed by atoms with van der Waals surface area (Å²) in [5, 5.41) is 0. The Morgan fingerprint density at radius 2 is 1.85 bits per heavy atom. The van der Waals surface area contributed by atoms with Gasteiger partial charge in [-0.05, 0) is 25.7 Å². The lowest BCUT2D eigenvalue weighted by Gasteiger charge is -2.23. The van der Waals surface area contributed by atoms with Crippen LogP contribution >= 0.6 is 0 Å². The quantitative estimate of drug-likeness (QED) is 0.684. The first-order valence-corrected chi connectivity index (χ1v) is 4.68. The van der Waals surface area contributed by atoms with E-state index in [2.05, 4.69) is 20.8 Å². The molecular weight excluding hydrogens is 166 g/mol. The average molecular weight is 187 g/mol. The molecule has 0 saturated heterocycles. The summed E-state index contributed by atoms with van der Waals surface area (Å²) in [6.45, 7) is 9.87. The Bertz CT molecular complexity index is 170. The number of nitrogens with two attached hydrogens (primary N) is 1. The first-order chi connectivity index (χ1) is 5.72. The molecule has 3 heteroatoms. The lowest BCUT2D eigenvalue weighted by Crippen LogP contribution is -2.32. The third-order valence-corrected chi connectivity index (χ3v) is 1.59. The van der Waals surface area contributed by atoms with Gasteiger partial charge in [-0.1, -0.05) is 20.8 Å². The third kappa shape index (κ3) is 6.58. The summed E-state index contributed by atoms with van der Waals surface area (Å²) < 4.78 is 5.12. The molecule has 0 fully saturated rings. The van der Waals surface area contributed by atoms with Crippen LogP contribution in [0.2, 0.25) is 0 Å². The van der Waals surface area contributed by atoms with E-state index in [1.807, 2.05) is 6.92 Å².